The first kappa shape index (κ1) is 12.4. The van der Waals surface area contributed by atoms with Gasteiger partial charge in [-0.25, -0.2) is 0 Å². The number of hydrogen-bond donors (Lipinski definition) is 0. The lowest BCUT2D eigenvalue weighted by molar-refractivity contribution is -0.111. The Morgan fingerprint density at radius 1 is 1.33 bits per heavy atom. The molecule has 2 aliphatic rings. The van der Waals surface area contributed by atoms with Crippen molar-refractivity contribution in [3.05, 3.63) is 22.4 Å². The molecule has 18 heavy (non-hydrogen) atoms. The summed E-state index contributed by atoms with van der Waals surface area (Å²) in [7, 11) is 0. The van der Waals surface area contributed by atoms with Crippen LogP contribution in [-0.2, 0) is 4.74 Å². The van der Waals surface area contributed by atoms with Crippen LogP contribution in [0.5, 0.6) is 0 Å². The molecule has 0 amide bonds. The molecule has 1 aromatic heterocycles. The SMILES string of the molecule is O=C(c1cccs1)C1CCOC2(CCCCC2)C1. The number of carbonyl (C=O) groups is 1. The van der Waals surface area contributed by atoms with Gasteiger partial charge >= 0.3 is 0 Å². The van der Waals surface area contributed by atoms with Crippen LogP contribution in [0.25, 0.3) is 0 Å². The number of carbonyl (C=O) groups excluding carboxylic acids is 1. The number of rotatable bonds is 2. The molecular formula is C15H20O2S. The maximum atomic E-state index is 12.4. The third kappa shape index (κ3) is 2.39. The van der Waals surface area contributed by atoms with E-state index >= 15 is 0 Å². The summed E-state index contributed by atoms with van der Waals surface area (Å²) in [6.45, 7) is 0.766. The maximum absolute atomic E-state index is 12.4. The van der Waals surface area contributed by atoms with Crippen LogP contribution >= 0.6 is 11.3 Å². The van der Waals surface area contributed by atoms with Crippen molar-refractivity contribution >= 4 is 17.1 Å². The van der Waals surface area contributed by atoms with Crippen molar-refractivity contribution in [2.75, 3.05) is 6.61 Å². The molecular weight excluding hydrogens is 244 g/mol. The molecule has 1 aliphatic carbocycles. The largest absolute Gasteiger partial charge is 0.375 e. The van der Waals surface area contributed by atoms with Gasteiger partial charge in [-0.15, -0.1) is 11.3 Å². The van der Waals surface area contributed by atoms with Gasteiger partial charge in [0.25, 0.3) is 0 Å². The van der Waals surface area contributed by atoms with E-state index in [2.05, 4.69) is 0 Å². The standard InChI is InChI=1S/C15H20O2S/c16-14(13-5-4-10-18-13)12-6-9-17-15(11-12)7-2-1-3-8-15/h4-5,10,12H,1-3,6-9,11H2. The van der Waals surface area contributed by atoms with Crippen molar-refractivity contribution in [2.24, 2.45) is 5.92 Å². The fourth-order valence-corrected chi connectivity index (χ4v) is 4.16. The number of hydrogen-bond acceptors (Lipinski definition) is 3. The second kappa shape index (κ2) is 5.14. The Hall–Kier alpha value is -0.670. The Balaban J connectivity index is 1.72. The zero-order valence-electron chi connectivity index (χ0n) is 10.7. The number of ketones is 1. The number of ether oxygens (including phenoxy) is 1. The molecule has 1 aliphatic heterocycles. The zero-order chi connectivity index (χ0) is 12.4. The average Bonchev–Trinajstić information content (AvgIpc) is 2.93. The monoisotopic (exact) mass is 264 g/mol. The van der Waals surface area contributed by atoms with Crippen molar-refractivity contribution in [3.8, 4) is 0 Å². The van der Waals surface area contributed by atoms with Crippen LogP contribution in [0.15, 0.2) is 17.5 Å². The van der Waals surface area contributed by atoms with E-state index in [-0.39, 0.29) is 11.5 Å². The van der Waals surface area contributed by atoms with Crippen molar-refractivity contribution < 1.29 is 9.53 Å². The molecule has 1 saturated heterocycles. The molecule has 1 spiro atoms. The molecule has 1 unspecified atom stereocenters. The van der Waals surface area contributed by atoms with E-state index in [0.29, 0.717) is 5.78 Å². The Labute approximate surface area is 112 Å². The highest BCUT2D eigenvalue weighted by Crippen LogP contribution is 2.41. The molecule has 0 radical (unpaired) electrons. The van der Waals surface area contributed by atoms with Gasteiger partial charge in [-0.2, -0.15) is 0 Å². The number of Topliss-reactive ketones (excluding diaryl/α,β-unsaturated/α-hetero) is 1. The highest BCUT2D eigenvalue weighted by molar-refractivity contribution is 7.12. The van der Waals surface area contributed by atoms with Crippen molar-refractivity contribution in [1.82, 2.24) is 0 Å². The molecule has 2 heterocycles. The summed E-state index contributed by atoms with van der Waals surface area (Å²) in [6, 6.07) is 3.92. The highest BCUT2D eigenvalue weighted by Gasteiger charge is 2.40. The lowest BCUT2D eigenvalue weighted by Crippen LogP contribution is -2.43. The molecule has 3 heteroatoms. The van der Waals surface area contributed by atoms with Gasteiger partial charge in [0, 0.05) is 12.5 Å². The Morgan fingerprint density at radius 3 is 2.89 bits per heavy atom. The summed E-state index contributed by atoms with van der Waals surface area (Å²) in [6.07, 6.45) is 8.01. The molecule has 2 nitrogen and oxygen atoms in total. The van der Waals surface area contributed by atoms with Gasteiger partial charge in [-0.05, 0) is 37.1 Å². The van der Waals surface area contributed by atoms with Gasteiger partial charge in [-0.1, -0.05) is 25.3 Å². The summed E-state index contributed by atoms with van der Waals surface area (Å²) in [5, 5.41) is 1.99. The summed E-state index contributed by atoms with van der Waals surface area (Å²) < 4.78 is 6.06. The summed E-state index contributed by atoms with van der Waals surface area (Å²) in [4.78, 5) is 13.4. The predicted molar refractivity (Wildman–Crippen MR) is 73.1 cm³/mol. The first-order valence-electron chi connectivity index (χ1n) is 7.01. The molecule has 1 aromatic rings. The van der Waals surface area contributed by atoms with Crippen molar-refractivity contribution in [3.63, 3.8) is 0 Å². The summed E-state index contributed by atoms with van der Waals surface area (Å²) in [5.74, 6) is 0.536. The van der Waals surface area contributed by atoms with E-state index in [1.165, 1.54) is 19.3 Å². The molecule has 0 bridgehead atoms. The summed E-state index contributed by atoms with van der Waals surface area (Å²) >= 11 is 1.57. The molecule has 0 aromatic carbocycles. The third-order valence-electron chi connectivity index (χ3n) is 4.39. The van der Waals surface area contributed by atoms with Gasteiger partial charge in [0.1, 0.15) is 0 Å². The van der Waals surface area contributed by atoms with E-state index in [0.717, 1.165) is 37.2 Å². The lowest BCUT2D eigenvalue weighted by atomic mass is 9.75. The topological polar surface area (TPSA) is 26.3 Å². The first-order chi connectivity index (χ1) is 8.79. The highest BCUT2D eigenvalue weighted by atomic mass is 32.1. The van der Waals surface area contributed by atoms with Crippen molar-refractivity contribution in [1.29, 1.82) is 0 Å². The molecule has 1 atom stereocenters. The third-order valence-corrected chi connectivity index (χ3v) is 5.28. The van der Waals surface area contributed by atoms with Crippen LogP contribution in [0.2, 0.25) is 0 Å². The van der Waals surface area contributed by atoms with E-state index in [1.807, 2.05) is 17.5 Å². The Morgan fingerprint density at radius 2 is 2.17 bits per heavy atom. The normalized spacial score (nSPS) is 27.2. The van der Waals surface area contributed by atoms with Crippen molar-refractivity contribution in [2.45, 2.75) is 50.5 Å². The fraction of sp³-hybridized carbons (Fsp3) is 0.667. The second-order valence-electron chi connectivity index (χ2n) is 5.62. The predicted octanol–water partition coefficient (Wildman–Crippen LogP) is 4.06. The van der Waals surface area contributed by atoms with Crippen LogP contribution in [-0.4, -0.2) is 18.0 Å². The van der Waals surface area contributed by atoms with Gasteiger partial charge in [0.2, 0.25) is 0 Å². The quantitative estimate of drug-likeness (QED) is 0.753. The van der Waals surface area contributed by atoms with E-state index in [9.17, 15) is 4.79 Å². The van der Waals surface area contributed by atoms with E-state index in [1.54, 1.807) is 11.3 Å². The number of thiophene rings is 1. The van der Waals surface area contributed by atoms with E-state index < -0.39 is 0 Å². The average molecular weight is 264 g/mol. The molecule has 98 valence electrons. The zero-order valence-corrected chi connectivity index (χ0v) is 11.5. The molecule has 2 fully saturated rings. The Kier molecular flexibility index (Phi) is 3.53. The second-order valence-corrected chi connectivity index (χ2v) is 6.57. The lowest BCUT2D eigenvalue weighted by Gasteiger charge is -2.43. The maximum Gasteiger partial charge on any atom is 0.176 e. The summed E-state index contributed by atoms with van der Waals surface area (Å²) in [5.41, 5.74) is 0.0358. The van der Waals surface area contributed by atoms with Crippen LogP contribution in [0.4, 0.5) is 0 Å². The van der Waals surface area contributed by atoms with Gasteiger partial charge in [-0.3, -0.25) is 4.79 Å². The fourth-order valence-electron chi connectivity index (χ4n) is 3.42. The van der Waals surface area contributed by atoms with Gasteiger partial charge in [0.15, 0.2) is 5.78 Å². The minimum absolute atomic E-state index is 0.0358. The first-order valence-corrected chi connectivity index (χ1v) is 7.89. The van der Waals surface area contributed by atoms with E-state index in [4.69, 9.17) is 4.74 Å². The van der Waals surface area contributed by atoms with Crippen LogP contribution in [0, 0.1) is 5.92 Å². The van der Waals surface area contributed by atoms with Crippen LogP contribution in [0.1, 0.15) is 54.6 Å². The smallest absolute Gasteiger partial charge is 0.176 e. The van der Waals surface area contributed by atoms with Gasteiger partial charge in [0.05, 0.1) is 10.5 Å². The molecule has 0 N–H and O–H groups in total. The minimum Gasteiger partial charge on any atom is -0.375 e. The molecule has 3 rings (SSSR count). The molecule has 1 saturated carbocycles. The minimum atomic E-state index is 0.0358. The van der Waals surface area contributed by atoms with Crippen LogP contribution < -0.4 is 0 Å². The van der Waals surface area contributed by atoms with Crippen LogP contribution in [0.3, 0.4) is 0 Å². The Bertz CT molecular complexity index is 399. The van der Waals surface area contributed by atoms with Gasteiger partial charge < -0.3 is 4.74 Å².